The largest absolute Gasteiger partial charge is 0.355 e. The smallest absolute Gasteiger partial charge is 0.146 e. The number of hydrogen-bond acceptors (Lipinski definition) is 4. The third-order valence-electron chi connectivity index (χ3n) is 5.48. The summed E-state index contributed by atoms with van der Waals surface area (Å²) in [6.07, 6.45) is 8.29. The molecule has 2 fully saturated rings. The van der Waals surface area contributed by atoms with Crippen LogP contribution in [0, 0.1) is 11.3 Å². The first-order valence-corrected chi connectivity index (χ1v) is 8.16. The molecule has 1 N–H and O–H groups in total. The molecule has 110 valence electrons. The number of nitrogens with zero attached hydrogens (tertiary/aromatic N) is 3. The molecular formula is C17H22N4. The van der Waals surface area contributed by atoms with Crippen molar-refractivity contribution in [1.82, 2.24) is 10.3 Å². The van der Waals surface area contributed by atoms with Gasteiger partial charge in [0.2, 0.25) is 0 Å². The lowest BCUT2D eigenvalue weighted by Gasteiger charge is -2.36. The van der Waals surface area contributed by atoms with E-state index in [1.54, 1.807) is 0 Å². The first-order chi connectivity index (χ1) is 10.2. The molecule has 3 heterocycles. The van der Waals surface area contributed by atoms with Gasteiger partial charge in [-0.15, -0.1) is 0 Å². The average Bonchev–Trinajstić information content (AvgIpc) is 3.10. The molecule has 1 aromatic rings. The fourth-order valence-electron chi connectivity index (χ4n) is 4.33. The van der Waals surface area contributed by atoms with Crippen LogP contribution in [0.5, 0.6) is 0 Å². The van der Waals surface area contributed by atoms with Crippen molar-refractivity contribution in [2.24, 2.45) is 0 Å². The molecule has 4 rings (SSSR count). The molecular weight excluding hydrogens is 260 g/mol. The first-order valence-electron chi connectivity index (χ1n) is 8.16. The van der Waals surface area contributed by atoms with Gasteiger partial charge in [0.15, 0.2) is 0 Å². The normalized spacial score (nSPS) is 30.0. The van der Waals surface area contributed by atoms with Gasteiger partial charge < -0.3 is 10.2 Å². The predicted molar refractivity (Wildman–Crippen MR) is 82.3 cm³/mol. The fraction of sp³-hybridized carbons (Fsp3) is 0.647. The van der Waals surface area contributed by atoms with Crippen molar-refractivity contribution >= 4 is 5.82 Å². The average molecular weight is 282 g/mol. The minimum Gasteiger partial charge on any atom is -0.355 e. The van der Waals surface area contributed by atoms with Gasteiger partial charge in [0.25, 0.3) is 0 Å². The van der Waals surface area contributed by atoms with Crippen molar-refractivity contribution in [2.45, 2.75) is 63.1 Å². The van der Waals surface area contributed by atoms with Crippen molar-refractivity contribution in [3.05, 3.63) is 22.9 Å². The summed E-state index contributed by atoms with van der Waals surface area (Å²) in [7, 11) is 2.12. The van der Waals surface area contributed by atoms with E-state index in [4.69, 9.17) is 4.98 Å². The molecule has 0 aromatic carbocycles. The molecule has 2 saturated heterocycles. The van der Waals surface area contributed by atoms with Gasteiger partial charge in [-0.3, -0.25) is 0 Å². The van der Waals surface area contributed by atoms with Gasteiger partial charge in [0.1, 0.15) is 11.9 Å². The SMILES string of the molecule is CN(c1nc2c(cc1C#N)CCC2)C1CC2CCC(C1)N2. The minimum atomic E-state index is 0.516. The van der Waals surface area contributed by atoms with Crippen LogP contribution in [0.2, 0.25) is 0 Å². The number of pyridine rings is 1. The Morgan fingerprint density at radius 2 is 2.05 bits per heavy atom. The highest BCUT2D eigenvalue weighted by Gasteiger charge is 2.36. The molecule has 0 amide bonds. The number of aryl methyl sites for hydroxylation is 2. The number of anilines is 1. The number of rotatable bonds is 2. The van der Waals surface area contributed by atoms with Crippen LogP contribution in [0.25, 0.3) is 0 Å². The highest BCUT2D eigenvalue weighted by Crippen LogP contribution is 2.33. The third kappa shape index (κ3) is 2.20. The van der Waals surface area contributed by atoms with E-state index < -0.39 is 0 Å². The van der Waals surface area contributed by atoms with Gasteiger partial charge in [0, 0.05) is 30.9 Å². The quantitative estimate of drug-likeness (QED) is 0.903. The van der Waals surface area contributed by atoms with E-state index >= 15 is 0 Å². The molecule has 21 heavy (non-hydrogen) atoms. The number of nitrogens with one attached hydrogen (secondary N) is 1. The maximum atomic E-state index is 9.48. The molecule has 2 aliphatic heterocycles. The second kappa shape index (κ2) is 4.99. The molecule has 2 atom stereocenters. The highest BCUT2D eigenvalue weighted by molar-refractivity contribution is 5.57. The zero-order valence-corrected chi connectivity index (χ0v) is 12.6. The summed E-state index contributed by atoms with van der Waals surface area (Å²) in [5.41, 5.74) is 3.26. The standard InChI is InChI=1S/C17H22N4/c1-21(15-8-13-5-6-14(9-15)19-13)17-12(10-18)7-11-3-2-4-16(11)20-17/h7,13-15,19H,2-6,8-9H2,1H3. The summed E-state index contributed by atoms with van der Waals surface area (Å²) in [4.78, 5) is 7.13. The van der Waals surface area contributed by atoms with E-state index in [9.17, 15) is 5.26 Å². The van der Waals surface area contributed by atoms with Gasteiger partial charge >= 0.3 is 0 Å². The Labute approximate surface area is 126 Å². The second-order valence-electron chi connectivity index (χ2n) is 6.80. The molecule has 4 nitrogen and oxygen atoms in total. The predicted octanol–water partition coefficient (Wildman–Crippen LogP) is 2.16. The molecule has 0 radical (unpaired) electrons. The van der Waals surface area contributed by atoms with Crippen LogP contribution in [-0.4, -0.2) is 30.2 Å². The zero-order chi connectivity index (χ0) is 14.4. The number of hydrogen-bond donors (Lipinski definition) is 1. The van der Waals surface area contributed by atoms with Crippen LogP contribution in [-0.2, 0) is 12.8 Å². The fourth-order valence-corrected chi connectivity index (χ4v) is 4.33. The minimum absolute atomic E-state index is 0.516. The molecule has 1 aromatic heterocycles. The Morgan fingerprint density at radius 3 is 2.76 bits per heavy atom. The summed E-state index contributed by atoms with van der Waals surface area (Å²) < 4.78 is 0. The Balaban J connectivity index is 1.65. The molecule has 1 aliphatic carbocycles. The van der Waals surface area contributed by atoms with Crippen LogP contribution in [0.4, 0.5) is 5.82 Å². The van der Waals surface area contributed by atoms with Crippen molar-refractivity contribution in [3.8, 4) is 6.07 Å². The second-order valence-corrected chi connectivity index (χ2v) is 6.80. The number of aromatic nitrogens is 1. The monoisotopic (exact) mass is 282 g/mol. The van der Waals surface area contributed by atoms with Crippen LogP contribution in [0.15, 0.2) is 6.07 Å². The van der Waals surface area contributed by atoms with Crippen molar-refractivity contribution < 1.29 is 0 Å². The molecule has 2 bridgehead atoms. The Kier molecular flexibility index (Phi) is 3.11. The zero-order valence-electron chi connectivity index (χ0n) is 12.6. The van der Waals surface area contributed by atoms with E-state index in [-0.39, 0.29) is 0 Å². The van der Waals surface area contributed by atoms with Crippen molar-refractivity contribution in [2.75, 3.05) is 11.9 Å². The van der Waals surface area contributed by atoms with Crippen molar-refractivity contribution in [3.63, 3.8) is 0 Å². The van der Waals surface area contributed by atoms with E-state index in [1.165, 1.54) is 43.4 Å². The van der Waals surface area contributed by atoms with Crippen LogP contribution in [0.3, 0.4) is 0 Å². The van der Waals surface area contributed by atoms with Gasteiger partial charge in [-0.05, 0) is 56.6 Å². The maximum Gasteiger partial charge on any atom is 0.146 e. The molecule has 4 heteroatoms. The lowest BCUT2D eigenvalue weighted by atomic mass is 9.98. The first kappa shape index (κ1) is 13.1. The summed E-state index contributed by atoms with van der Waals surface area (Å²) in [5, 5.41) is 13.2. The molecule has 0 saturated carbocycles. The lowest BCUT2D eigenvalue weighted by Crippen LogP contribution is -2.47. The van der Waals surface area contributed by atoms with Gasteiger partial charge in [-0.2, -0.15) is 5.26 Å². The summed E-state index contributed by atoms with van der Waals surface area (Å²) in [6, 6.07) is 6.29. The van der Waals surface area contributed by atoms with Crippen LogP contribution >= 0.6 is 0 Å². The third-order valence-corrected chi connectivity index (χ3v) is 5.48. The van der Waals surface area contributed by atoms with Crippen LogP contribution in [0.1, 0.15) is 48.9 Å². The Bertz CT molecular complexity index is 592. The topological polar surface area (TPSA) is 52.0 Å². The van der Waals surface area contributed by atoms with E-state index in [0.29, 0.717) is 18.1 Å². The molecule has 2 unspecified atom stereocenters. The number of piperidine rings is 1. The van der Waals surface area contributed by atoms with E-state index in [1.807, 2.05) is 0 Å². The number of nitriles is 1. The van der Waals surface area contributed by atoms with Gasteiger partial charge in [0.05, 0.1) is 5.56 Å². The summed E-state index contributed by atoms with van der Waals surface area (Å²) in [6.45, 7) is 0. The van der Waals surface area contributed by atoms with Gasteiger partial charge in [-0.1, -0.05) is 0 Å². The Morgan fingerprint density at radius 1 is 1.29 bits per heavy atom. The van der Waals surface area contributed by atoms with Crippen molar-refractivity contribution in [1.29, 1.82) is 5.26 Å². The summed E-state index contributed by atoms with van der Waals surface area (Å²) in [5.74, 6) is 0.907. The maximum absolute atomic E-state index is 9.48. The number of fused-ring (bicyclic) bond motifs is 3. The lowest BCUT2D eigenvalue weighted by molar-refractivity contribution is 0.353. The van der Waals surface area contributed by atoms with Crippen LogP contribution < -0.4 is 10.2 Å². The highest BCUT2D eigenvalue weighted by atomic mass is 15.2. The Hall–Kier alpha value is -1.60. The molecule has 0 spiro atoms. The summed E-state index contributed by atoms with van der Waals surface area (Å²) >= 11 is 0. The van der Waals surface area contributed by atoms with Gasteiger partial charge in [-0.25, -0.2) is 4.98 Å². The van der Waals surface area contributed by atoms with E-state index in [0.717, 1.165) is 24.2 Å². The molecule has 3 aliphatic rings. The van der Waals surface area contributed by atoms with E-state index in [2.05, 4.69) is 29.4 Å².